The van der Waals surface area contributed by atoms with Gasteiger partial charge in [-0.3, -0.25) is 0 Å². The van der Waals surface area contributed by atoms with Gasteiger partial charge in [0.25, 0.3) is 0 Å². The first-order valence-corrected chi connectivity index (χ1v) is 7.99. The smallest absolute Gasteiger partial charge is 0.0701 e. The monoisotopic (exact) mass is 388 g/mol. The van der Waals surface area contributed by atoms with Crippen molar-refractivity contribution >= 4 is 48.9 Å². The van der Waals surface area contributed by atoms with Gasteiger partial charge in [0.05, 0.1) is 3.79 Å². The Balaban J connectivity index is 2.22. The first-order chi connectivity index (χ1) is 8.60. The van der Waals surface area contributed by atoms with Gasteiger partial charge in [-0.1, -0.05) is 22.0 Å². The van der Waals surface area contributed by atoms with Crippen LogP contribution < -0.4 is 10.6 Å². The number of rotatable bonds is 4. The second kappa shape index (κ2) is 6.19. The van der Waals surface area contributed by atoms with Gasteiger partial charge in [-0.25, -0.2) is 0 Å². The molecule has 0 aliphatic rings. The van der Waals surface area contributed by atoms with Crippen LogP contribution in [-0.4, -0.2) is 7.05 Å². The summed E-state index contributed by atoms with van der Waals surface area (Å²) in [5.74, 6) is 0. The topological polar surface area (TPSA) is 29.3 Å². The quantitative estimate of drug-likeness (QED) is 0.841. The molecule has 0 unspecified atom stereocenters. The summed E-state index contributed by atoms with van der Waals surface area (Å²) in [6.07, 6.45) is 0. The van der Waals surface area contributed by atoms with E-state index in [-0.39, 0.29) is 0 Å². The van der Waals surface area contributed by atoms with Crippen molar-refractivity contribution in [3.8, 4) is 0 Å². The number of nitrogens with two attached hydrogens (primary N) is 1. The highest BCUT2D eigenvalue weighted by Crippen LogP contribution is 2.27. The van der Waals surface area contributed by atoms with Crippen molar-refractivity contribution in [1.82, 2.24) is 0 Å². The van der Waals surface area contributed by atoms with E-state index in [1.54, 1.807) is 11.3 Å². The first-order valence-electron chi connectivity index (χ1n) is 5.52. The van der Waals surface area contributed by atoms with Crippen molar-refractivity contribution in [2.24, 2.45) is 5.73 Å². The molecule has 2 N–H and O–H groups in total. The molecule has 0 fully saturated rings. The summed E-state index contributed by atoms with van der Waals surface area (Å²) in [5.41, 5.74) is 9.43. The van der Waals surface area contributed by atoms with Crippen molar-refractivity contribution in [1.29, 1.82) is 0 Å². The van der Waals surface area contributed by atoms with Crippen molar-refractivity contribution in [2.45, 2.75) is 13.1 Å². The number of anilines is 1. The lowest BCUT2D eigenvalue weighted by molar-refractivity contribution is 0.906. The number of hydrogen-bond acceptors (Lipinski definition) is 3. The maximum Gasteiger partial charge on any atom is 0.0701 e. The molecule has 2 nitrogen and oxygen atoms in total. The molecular weight excluding hydrogens is 376 g/mol. The molecule has 2 aromatic rings. The lowest BCUT2D eigenvalue weighted by atomic mass is 10.1. The Bertz CT molecular complexity index is 540. The summed E-state index contributed by atoms with van der Waals surface area (Å²) < 4.78 is 2.24. The molecule has 1 aromatic heterocycles. The van der Waals surface area contributed by atoms with E-state index in [1.165, 1.54) is 15.0 Å². The fourth-order valence-electron chi connectivity index (χ4n) is 1.85. The minimum Gasteiger partial charge on any atom is -0.370 e. The first kappa shape index (κ1) is 14.1. The molecular formula is C13H14Br2N2S. The summed E-state index contributed by atoms with van der Waals surface area (Å²) in [6, 6.07) is 8.37. The molecule has 0 atom stereocenters. The Hall–Kier alpha value is -0.360. The van der Waals surface area contributed by atoms with E-state index in [0.717, 1.165) is 16.6 Å². The lowest BCUT2D eigenvalue weighted by Crippen LogP contribution is -2.18. The van der Waals surface area contributed by atoms with Crippen LogP contribution in [0.4, 0.5) is 5.69 Å². The largest absolute Gasteiger partial charge is 0.370 e. The third-order valence-electron chi connectivity index (χ3n) is 2.72. The normalized spacial score (nSPS) is 10.7. The highest BCUT2D eigenvalue weighted by Gasteiger charge is 2.08. The average molecular weight is 390 g/mol. The standard InChI is InChI=1S/C13H14Br2N2S/c1-17(7-9-4-13(15)18-8-9)12-5-11(14)3-2-10(12)6-16/h2-5,8H,6-7,16H2,1H3. The molecule has 0 bridgehead atoms. The van der Waals surface area contributed by atoms with Crippen LogP contribution in [-0.2, 0) is 13.1 Å². The molecule has 1 aromatic carbocycles. The third-order valence-corrected chi connectivity index (χ3v) is 4.77. The van der Waals surface area contributed by atoms with Gasteiger partial charge in [-0.15, -0.1) is 11.3 Å². The van der Waals surface area contributed by atoms with Crippen LogP contribution in [0.5, 0.6) is 0 Å². The van der Waals surface area contributed by atoms with Crippen molar-refractivity contribution < 1.29 is 0 Å². The fraction of sp³-hybridized carbons (Fsp3) is 0.231. The molecule has 1 heterocycles. The van der Waals surface area contributed by atoms with Crippen LogP contribution >= 0.6 is 43.2 Å². The van der Waals surface area contributed by atoms with Crippen LogP contribution in [0.2, 0.25) is 0 Å². The van der Waals surface area contributed by atoms with E-state index in [0.29, 0.717) is 6.54 Å². The Kier molecular flexibility index (Phi) is 4.84. The molecule has 0 aliphatic heterocycles. The zero-order valence-corrected chi connectivity index (χ0v) is 14.0. The maximum atomic E-state index is 5.79. The lowest BCUT2D eigenvalue weighted by Gasteiger charge is -2.22. The SMILES string of the molecule is CN(Cc1csc(Br)c1)c1cc(Br)ccc1CN. The molecule has 96 valence electrons. The van der Waals surface area contributed by atoms with Crippen LogP contribution in [0.15, 0.2) is 37.9 Å². The number of halogens is 2. The van der Waals surface area contributed by atoms with Gasteiger partial charge < -0.3 is 10.6 Å². The molecule has 0 saturated carbocycles. The number of benzene rings is 1. The summed E-state index contributed by atoms with van der Waals surface area (Å²) in [5, 5.41) is 2.17. The summed E-state index contributed by atoms with van der Waals surface area (Å²) >= 11 is 8.71. The zero-order chi connectivity index (χ0) is 13.1. The highest BCUT2D eigenvalue weighted by molar-refractivity contribution is 9.11. The van der Waals surface area contributed by atoms with Gasteiger partial charge in [0, 0.05) is 30.3 Å². The second-order valence-corrected chi connectivity index (χ2v) is 7.30. The van der Waals surface area contributed by atoms with Gasteiger partial charge in [-0.2, -0.15) is 0 Å². The van der Waals surface area contributed by atoms with Gasteiger partial charge in [-0.05, 0) is 50.6 Å². The number of nitrogens with zero attached hydrogens (tertiary/aromatic N) is 1. The van der Waals surface area contributed by atoms with E-state index in [2.05, 4.69) is 67.4 Å². The molecule has 0 spiro atoms. The number of hydrogen-bond donors (Lipinski definition) is 1. The molecule has 0 amide bonds. The Labute approximate surface area is 128 Å². The Morgan fingerprint density at radius 2 is 2.06 bits per heavy atom. The van der Waals surface area contributed by atoms with Gasteiger partial charge in [0.1, 0.15) is 0 Å². The molecule has 18 heavy (non-hydrogen) atoms. The van der Waals surface area contributed by atoms with E-state index in [9.17, 15) is 0 Å². The third kappa shape index (κ3) is 3.35. The maximum absolute atomic E-state index is 5.79. The van der Waals surface area contributed by atoms with E-state index in [1.807, 2.05) is 6.07 Å². The van der Waals surface area contributed by atoms with E-state index < -0.39 is 0 Å². The average Bonchev–Trinajstić information content (AvgIpc) is 2.74. The van der Waals surface area contributed by atoms with Crippen molar-refractivity contribution in [3.05, 3.63) is 49.0 Å². The number of thiophene rings is 1. The molecule has 0 radical (unpaired) electrons. The Morgan fingerprint density at radius 3 is 2.67 bits per heavy atom. The fourth-order valence-corrected chi connectivity index (χ4v) is 3.40. The summed E-state index contributed by atoms with van der Waals surface area (Å²) in [6.45, 7) is 1.44. The van der Waals surface area contributed by atoms with Crippen LogP contribution in [0.3, 0.4) is 0 Å². The van der Waals surface area contributed by atoms with Crippen LogP contribution in [0.25, 0.3) is 0 Å². The molecule has 0 aliphatic carbocycles. The molecule has 0 saturated heterocycles. The van der Waals surface area contributed by atoms with Crippen LogP contribution in [0, 0.1) is 0 Å². The molecule has 5 heteroatoms. The zero-order valence-electron chi connectivity index (χ0n) is 9.99. The van der Waals surface area contributed by atoms with Crippen LogP contribution in [0.1, 0.15) is 11.1 Å². The highest BCUT2D eigenvalue weighted by atomic mass is 79.9. The predicted octanol–water partition coefficient (Wildman–Crippen LogP) is 4.37. The van der Waals surface area contributed by atoms with Gasteiger partial charge in [0.2, 0.25) is 0 Å². The van der Waals surface area contributed by atoms with Gasteiger partial charge in [0.15, 0.2) is 0 Å². The molecule has 2 rings (SSSR count). The van der Waals surface area contributed by atoms with Crippen molar-refractivity contribution in [3.63, 3.8) is 0 Å². The minimum absolute atomic E-state index is 0.556. The predicted molar refractivity (Wildman–Crippen MR) is 86.2 cm³/mol. The van der Waals surface area contributed by atoms with E-state index in [4.69, 9.17) is 5.73 Å². The Morgan fingerprint density at radius 1 is 1.28 bits per heavy atom. The summed E-state index contributed by atoms with van der Waals surface area (Å²) in [7, 11) is 2.09. The minimum atomic E-state index is 0.556. The second-order valence-electron chi connectivity index (χ2n) is 4.09. The van der Waals surface area contributed by atoms with E-state index >= 15 is 0 Å². The van der Waals surface area contributed by atoms with Crippen molar-refractivity contribution in [2.75, 3.05) is 11.9 Å². The summed E-state index contributed by atoms with van der Waals surface area (Å²) in [4.78, 5) is 2.22. The van der Waals surface area contributed by atoms with Gasteiger partial charge >= 0.3 is 0 Å².